The number of nitrogens with zero attached hydrogens (tertiary/aromatic N) is 3. The highest BCUT2D eigenvalue weighted by Crippen LogP contribution is 2.32. The molecule has 2 amide bonds. The minimum atomic E-state index is -0.710. The highest BCUT2D eigenvalue weighted by Gasteiger charge is 2.28. The molecule has 2 heterocycles. The number of carbonyl (C=O) groups is 2. The second-order valence-corrected chi connectivity index (χ2v) is 9.29. The van der Waals surface area contributed by atoms with Gasteiger partial charge in [-0.3, -0.25) is 15.1 Å². The molecule has 1 aromatic heterocycles. The second kappa shape index (κ2) is 11.4. The van der Waals surface area contributed by atoms with Crippen LogP contribution in [0.5, 0.6) is 0 Å². The van der Waals surface area contributed by atoms with Crippen molar-refractivity contribution < 1.29 is 19.4 Å². The summed E-state index contributed by atoms with van der Waals surface area (Å²) in [5.74, 6) is -0.443. The lowest BCUT2D eigenvalue weighted by Gasteiger charge is -2.31. The third-order valence-electron chi connectivity index (χ3n) is 6.79. The Morgan fingerprint density at radius 3 is 2.29 bits per heavy atom. The van der Waals surface area contributed by atoms with E-state index < -0.39 is 12.0 Å². The fraction of sp³-hybridized carbons (Fsp3) is 0.233. The van der Waals surface area contributed by atoms with E-state index in [1.807, 2.05) is 60.7 Å². The molecule has 3 aromatic carbocycles. The molecule has 1 saturated heterocycles. The van der Waals surface area contributed by atoms with Crippen LogP contribution in [0.2, 0.25) is 0 Å². The molecule has 4 aromatic rings. The van der Waals surface area contributed by atoms with Gasteiger partial charge in [-0.15, -0.1) is 0 Å². The summed E-state index contributed by atoms with van der Waals surface area (Å²) in [6.07, 6.45) is 0.329. The number of fused-ring (bicyclic) bond motifs is 1. The van der Waals surface area contributed by atoms with Crippen LogP contribution >= 0.6 is 0 Å². The van der Waals surface area contributed by atoms with Gasteiger partial charge >= 0.3 is 6.09 Å². The summed E-state index contributed by atoms with van der Waals surface area (Å²) < 4.78 is 4.97. The number of rotatable bonds is 5. The predicted molar refractivity (Wildman–Crippen MR) is 146 cm³/mol. The smallest absolute Gasteiger partial charge is 0.433 e. The topological polar surface area (TPSA) is 95.0 Å². The average molecular weight is 511 g/mol. The maximum Gasteiger partial charge on any atom is 0.433 e. The van der Waals surface area contributed by atoms with E-state index in [-0.39, 0.29) is 6.10 Å². The van der Waals surface area contributed by atoms with Crippen molar-refractivity contribution in [2.24, 2.45) is 0 Å². The zero-order valence-electron chi connectivity index (χ0n) is 21.2. The van der Waals surface area contributed by atoms with Crippen molar-refractivity contribution in [1.29, 1.82) is 0 Å². The van der Waals surface area contributed by atoms with Gasteiger partial charge < -0.3 is 9.84 Å². The van der Waals surface area contributed by atoms with E-state index in [4.69, 9.17) is 9.72 Å². The number of amides is 2. The van der Waals surface area contributed by atoms with E-state index in [9.17, 15) is 14.7 Å². The molecule has 2 N–H and O–H groups in total. The molecule has 0 unspecified atom stereocenters. The SMILES string of the molecule is COC(=O)N(NC(=O)c1c(CN2CCC(O)CC2)c(-c2ccccc2)nc2ccccc12)c1ccccc1. The third kappa shape index (κ3) is 5.37. The predicted octanol–water partition coefficient (Wildman–Crippen LogP) is 4.78. The van der Waals surface area contributed by atoms with Crippen LogP contribution in [0.4, 0.5) is 10.5 Å². The largest absolute Gasteiger partial charge is 0.451 e. The van der Waals surface area contributed by atoms with Crippen molar-refractivity contribution in [2.75, 3.05) is 25.2 Å². The number of pyridine rings is 1. The van der Waals surface area contributed by atoms with Gasteiger partial charge in [-0.1, -0.05) is 66.7 Å². The molecule has 194 valence electrons. The Kier molecular flexibility index (Phi) is 7.62. The maximum atomic E-state index is 14.1. The number of methoxy groups -OCH3 is 1. The van der Waals surface area contributed by atoms with Gasteiger partial charge in [0.2, 0.25) is 0 Å². The van der Waals surface area contributed by atoms with E-state index in [0.29, 0.717) is 60.3 Å². The highest BCUT2D eigenvalue weighted by atomic mass is 16.5. The number of ether oxygens (including phenoxy) is 1. The number of aromatic nitrogens is 1. The number of likely N-dealkylation sites (tertiary alicyclic amines) is 1. The molecule has 0 atom stereocenters. The molecule has 38 heavy (non-hydrogen) atoms. The van der Waals surface area contributed by atoms with Crippen molar-refractivity contribution in [3.05, 3.63) is 96.1 Å². The molecule has 0 aliphatic carbocycles. The van der Waals surface area contributed by atoms with Crippen LogP contribution in [-0.4, -0.2) is 53.3 Å². The summed E-state index contributed by atoms with van der Waals surface area (Å²) in [5, 5.41) is 11.8. The number of hydrogen-bond acceptors (Lipinski definition) is 6. The quantitative estimate of drug-likeness (QED) is 0.376. The normalized spacial score (nSPS) is 14.3. The van der Waals surface area contributed by atoms with Crippen LogP contribution < -0.4 is 10.4 Å². The molecular formula is C30H30N4O4. The Labute approximate surface area is 221 Å². The number of hydrazine groups is 1. The van der Waals surface area contributed by atoms with E-state index in [1.54, 1.807) is 24.3 Å². The molecule has 1 aliphatic rings. The fourth-order valence-electron chi connectivity index (χ4n) is 4.84. The molecule has 8 heteroatoms. The summed E-state index contributed by atoms with van der Waals surface area (Å²) in [6, 6.07) is 26.1. The van der Waals surface area contributed by atoms with Gasteiger partial charge in [0.05, 0.1) is 35.7 Å². The third-order valence-corrected chi connectivity index (χ3v) is 6.79. The first-order valence-corrected chi connectivity index (χ1v) is 12.7. The van der Waals surface area contributed by atoms with Crippen molar-refractivity contribution in [3.8, 4) is 11.3 Å². The first kappa shape index (κ1) is 25.4. The molecule has 1 aliphatic heterocycles. The molecule has 1 fully saturated rings. The Morgan fingerprint density at radius 1 is 0.974 bits per heavy atom. The summed E-state index contributed by atoms with van der Waals surface area (Å²) in [5.41, 5.74) is 6.77. The number of piperidine rings is 1. The fourth-order valence-corrected chi connectivity index (χ4v) is 4.84. The summed E-state index contributed by atoms with van der Waals surface area (Å²) in [4.78, 5) is 34.1. The first-order chi connectivity index (χ1) is 18.5. The number of carbonyl (C=O) groups excluding carboxylic acids is 2. The van der Waals surface area contributed by atoms with E-state index in [2.05, 4.69) is 10.3 Å². The van der Waals surface area contributed by atoms with Gasteiger partial charge in [-0.2, -0.15) is 5.01 Å². The second-order valence-electron chi connectivity index (χ2n) is 9.29. The number of hydrogen-bond donors (Lipinski definition) is 2. The molecule has 0 saturated carbocycles. The van der Waals surface area contributed by atoms with Crippen LogP contribution in [0.25, 0.3) is 22.2 Å². The molecule has 0 bridgehead atoms. The van der Waals surface area contributed by atoms with Gasteiger partial charge in [0.25, 0.3) is 5.91 Å². The van der Waals surface area contributed by atoms with E-state index in [0.717, 1.165) is 16.1 Å². The van der Waals surface area contributed by atoms with Gasteiger partial charge in [0.15, 0.2) is 0 Å². The lowest BCUT2D eigenvalue weighted by Crippen LogP contribution is -2.47. The summed E-state index contributed by atoms with van der Waals surface area (Å²) in [6.45, 7) is 1.89. The van der Waals surface area contributed by atoms with Crippen molar-refractivity contribution in [1.82, 2.24) is 15.3 Å². The minimum absolute atomic E-state index is 0.308. The average Bonchev–Trinajstić information content (AvgIpc) is 2.97. The Bertz CT molecular complexity index is 1420. The van der Waals surface area contributed by atoms with E-state index >= 15 is 0 Å². The lowest BCUT2D eigenvalue weighted by molar-refractivity contribution is 0.0786. The Balaban J connectivity index is 1.65. The van der Waals surface area contributed by atoms with Crippen LogP contribution in [0.15, 0.2) is 84.9 Å². The number of benzene rings is 3. The number of aliphatic hydroxyl groups is 1. The first-order valence-electron chi connectivity index (χ1n) is 12.7. The van der Waals surface area contributed by atoms with E-state index in [1.165, 1.54) is 7.11 Å². The van der Waals surface area contributed by atoms with Crippen molar-refractivity contribution in [3.63, 3.8) is 0 Å². The molecule has 5 rings (SSSR count). The van der Waals surface area contributed by atoms with Gasteiger partial charge in [-0.25, -0.2) is 9.78 Å². The standard InChI is InChI=1S/C30H30N4O4/c1-38-30(37)34(22-12-6-3-7-13-22)32-29(36)27-24-14-8-9-15-26(24)31-28(21-10-4-2-5-11-21)25(27)20-33-18-16-23(35)17-19-33/h2-15,23,35H,16-20H2,1H3,(H,32,36). The molecule has 0 radical (unpaired) electrons. The number of anilines is 1. The molecule has 8 nitrogen and oxygen atoms in total. The number of para-hydroxylation sites is 2. The van der Waals surface area contributed by atoms with Crippen LogP contribution in [-0.2, 0) is 11.3 Å². The van der Waals surface area contributed by atoms with Gasteiger partial charge in [0, 0.05) is 36.1 Å². The number of nitrogens with one attached hydrogen (secondary N) is 1. The maximum absolute atomic E-state index is 14.1. The Morgan fingerprint density at radius 2 is 1.61 bits per heavy atom. The van der Waals surface area contributed by atoms with Gasteiger partial charge in [0.1, 0.15) is 0 Å². The number of aliphatic hydroxyl groups excluding tert-OH is 1. The Hall–Kier alpha value is -4.27. The lowest BCUT2D eigenvalue weighted by atomic mass is 9.95. The van der Waals surface area contributed by atoms with Crippen molar-refractivity contribution in [2.45, 2.75) is 25.5 Å². The summed E-state index contributed by atoms with van der Waals surface area (Å²) in [7, 11) is 1.27. The monoisotopic (exact) mass is 510 g/mol. The zero-order chi connectivity index (χ0) is 26.5. The van der Waals surface area contributed by atoms with Crippen LogP contribution in [0, 0.1) is 0 Å². The van der Waals surface area contributed by atoms with Crippen molar-refractivity contribution >= 4 is 28.6 Å². The van der Waals surface area contributed by atoms with Gasteiger partial charge in [-0.05, 0) is 31.0 Å². The van der Waals surface area contributed by atoms with Crippen LogP contribution in [0.1, 0.15) is 28.8 Å². The summed E-state index contributed by atoms with van der Waals surface area (Å²) >= 11 is 0. The zero-order valence-corrected chi connectivity index (χ0v) is 21.2. The van der Waals surface area contributed by atoms with Crippen LogP contribution in [0.3, 0.4) is 0 Å². The molecule has 0 spiro atoms. The minimum Gasteiger partial charge on any atom is -0.451 e. The molecular weight excluding hydrogens is 480 g/mol. The highest BCUT2D eigenvalue weighted by molar-refractivity contribution is 6.10.